The topological polar surface area (TPSA) is 162 Å². The second kappa shape index (κ2) is 2.82. The number of H-pyrrole nitrogens is 1. The number of aromatic amines is 1. The van der Waals surface area contributed by atoms with Gasteiger partial charge in [-0.25, -0.2) is 0 Å². The van der Waals surface area contributed by atoms with Gasteiger partial charge in [0.2, 0.25) is 0 Å². The quantitative estimate of drug-likeness (QED) is 0.442. The predicted molar refractivity (Wildman–Crippen MR) is 38.8 cm³/mol. The zero-order chi connectivity index (χ0) is 11.0. The van der Waals surface area contributed by atoms with Crippen LogP contribution >= 0.6 is 0 Å². The van der Waals surface area contributed by atoms with E-state index in [1.807, 2.05) is 5.21 Å². The smallest absolute Gasteiger partial charge is 0.300 e. The first-order valence-corrected chi connectivity index (χ1v) is 3.32. The number of nitro groups is 2. The number of nitrogens with zero attached hydrogens (tertiary/aromatic N) is 8. The van der Waals surface area contributed by atoms with Gasteiger partial charge < -0.3 is 0 Å². The van der Waals surface area contributed by atoms with E-state index in [2.05, 4.69) is 20.5 Å². The zero-order valence-corrected chi connectivity index (χ0v) is 6.71. The van der Waals surface area contributed by atoms with Gasteiger partial charge in [-0.05, 0) is 5.21 Å². The molecule has 0 saturated carbocycles. The van der Waals surface area contributed by atoms with E-state index in [9.17, 15) is 20.2 Å². The minimum absolute atomic E-state index is 0.0660. The van der Waals surface area contributed by atoms with E-state index in [-0.39, 0.29) is 11.6 Å². The van der Waals surface area contributed by atoms with Gasteiger partial charge in [-0.3, -0.25) is 20.2 Å². The highest BCUT2D eigenvalue weighted by Gasteiger charge is 2.38. The Bertz CT molecular complexity index is 470. The summed E-state index contributed by atoms with van der Waals surface area (Å²) in [7, 11) is 0. The maximum atomic E-state index is 10.4. The van der Waals surface area contributed by atoms with Crippen LogP contribution in [0.1, 0.15) is 0 Å². The molecule has 0 amide bonds. The molecule has 2 aliphatic rings. The van der Waals surface area contributed by atoms with Gasteiger partial charge in [0.05, 0.1) is 4.79 Å². The molecule has 0 aromatic heterocycles. The lowest BCUT2D eigenvalue weighted by Crippen LogP contribution is -2.45. The van der Waals surface area contributed by atoms with Crippen LogP contribution in [0.25, 0.3) is 11.6 Å². The van der Waals surface area contributed by atoms with E-state index in [0.29, 0.717) is 4.79 Å². The van der Waals surface area contributed by atoms with Gasteiger partial charge >= 0.3 is 5.82 Å². The molecule has 78 valence electrons. The monoisotopic (exact) mass is 215 g/mol. The van der Waals surface area contributed by atoms with E-state index in [1.54, 1.807) is 0 Å². The Kier molecular flexibility index (Phi) is 1.64. The normalized spacial score (nSPS) is 10.4. The van der Waals surface area contributed by atoms with Crippen molar-refractivity contribution in [3.05, 3.63) is 20.2 Å². The number of hydrazine groups is 2. The number of rotatable bonds is 3. The SMILES string of the molecule is O=[N+]([O-])N(n1[nH]nc2nnnc1-2)[N+](=O)[O-]. The van der Waals surface area contributed by atoms with Crippen molar-refractivity contribution in [1.82, 2.24) is 30.5 Å². The summed E-state index contributed by atoms with van der Waals surface area (Å²) in [5.41, 5.74) is 0. The van der Waals surface area contributed by atoms with Crippen LogP contribution in [0.3, 0.4) is 0 Å². The van der Waals surface area contributed by atoms with Crippen LogP contribution in [0.15, 0.2) is 0 Å². The van der Waals surface area contributed by atoms with Gasteiger partial charge in [0.1, 0.15) is 0 Å². The van der Waals surface area contributed by atoms with Crippen LogP contribution in [0, 0.1) is 20.2 Å². The summed E-state index contributed by atoms with van der Waals surface area (Å²) < 4.78 is 0. The molecule has 0 bridgehead atoms. The first kappa shape index (κ1) is 8.73. The average molecular weight is 215 g/mol. The second-order valence-corrected chi connectivity index (χ2v) is 2.20. The summed E-state index contributed by atoms with van der Waals surface area (Å²) in [4.78, 5) is 21.1. The van der Waals surface area contributed by atoms with E-state index in [0.717, 1.165) is 0 Å². The molecular formula is C2HN9O4. The molecule has 0 aromatic rings. The Morgan fingerprint density at radius 3 is 2.53 bits per heavy atom. The van der Waals surface area contributed by atoms with Crippen molar-refractivity contribution in [2.45, 2.75) is 0 Å². The molecule has 0 aliphatic carbocycles. The largest absolute Gasteiger partial charge is 0.375 e. The molecule has 2 aliphatic heterocycles. The van der Waals surface area contributed by atoms with E-state index in [4.69, 9.17) is 0 Å². The molecule has 0 aromatic carbocycles. The molecule has 0 fully saturated rings. The van der Waals surface area contributed by atoms with Gasteiger partial charge in [0.15, 0.2) is 10.1 Å². The highest BCUT2D eigenvalue weighted by Crippen LogP contribution is 2.10. The van der Waals surface area contributed by atoms with Crippen LogP contribution in [-0.4, -0.2) is 40.6 Å². The zero-order valence-electron chi connectivity index (χ0n) is 6.71. The van der Waals surface area contributed by atoms with Crippen molar-refractivity contribution >= 4 is 0 Å². The molecule has 2 rings (SSSR count). The van der Waals surface area contributed by atoms with Gasteiger partial charge in [-0.2, -0.15) is 0 Å². The van der Waals surface area contributed by atoms with Gasteiger partial charge in [-0.1, -0.05) is 10.3 Å². The Balaban J connectivity index is 2.50. The molecule has 13 heteroatoms. The molecule has 0 saturated heterocycles. The predicted octanol–water partition coefficient (Wildman–Crippen LogP) is -2.18. The van der Waals surface area contributed by atoms with Crippen LogP contribution in [0.4, 0.5) is 0 Å². The van der Waals surface area contributed by atoms with Crippen molar-refractivity contribution in [3.8, 4) is 11.6 Å². The maximum Gasteiger partial charge on any atom is 0.375 e. The van der Waals surface area contributed by atoms with Crippen LogP contribution in [0.5, 0.6) is 0 Å². The molecule has 0 radical (unpaired) electrons. The Labute approximate surface area is 78.8 Å². The fraction of sp³-hybridized carbons (Fsp3) is 0. The standard InChI is InChI=1S/C2HN9O4/c12-10(13)9(11(14)15)8-2-1(4-7-8)3-6-5-2/h7H. The lowest BCUT2D eigenvalue weighted by Gasteiger charge is -2.02. The lowest BCUT2D eigenvalue weighted by molar-refractivity contribution is -0.737. The molecule has 1 N–H and O–H groups in total. The number of fused-ring (bicyclic) bond motifs is 1. The van der Waals surface area contributed by atoms with Gasteiger partial charge in [0, 0.05) is 0 Å². The maximum absolute atomic E-state index is 10.4. The van der Waals surface area contributed by atoms with E-state index >= 15 is 0 Å². The minimum atomic E-state index is -1.26. The number of hydrogen-bond acceptors (Lipinski definition) is 8. The third-order valence-corrected chi connectivity index (χ3v) is 1.40. The summed E-state index contributed by atoms with van der Waals surface area (Å²) in [5.74, 6) is -0.285. The lowest BCUT2D eigenvalue weighted by atomic mass is 10.6. The molecule has 0 atom stereocenters. The molecule has 13 nitrogen and oxygen atoms in total. The molecule has 2 heterocycles. The summed E-state index contributed by atoms with van der Waals surface area (Å²) in [5, 5.41) is 33.0. The summed E-state index contributed by atoms with van der Waals surface area (Å²) >= 11 is 0. The second-order valence-electron chi connectivity index (χ2n) is 2.20. The van der Waals surface area contributed by atoms with Crippen molar-refractivity contribution in [2.24, 2.45) is 0 Å². The fourth-order valence-corrected chi connectivity index (χ4v) is 0.878. The van der Waals surface area contributed by atoms with Gasteiger partial charge in [-0.15, -0.1) is 10.2 Å². The fourth-order valence-electron chi connectivity index (χ4n) is 0.878. The number of nitrogens with one attached hydrogen (secondary N) is 1. The van der Waals surface area contributed by atoms with Crippen LogP contribution < -0.4 is 5.23 Å². The van der Waals surface area contributed by atoms with Crippen molar-refractivity contribution in [1.29, 1.82) is 0 Å². The first-order chi connectivity index (χ1) is 7.11. The third-order valence-electron chi connectivity index (χ3n) is 1.40. The highest BCUT2D eigenvalue weighted by molar-refractivity contribution is 5.41. The van der Waals surface area contributed by atoms with Crippen LogP contribution in [-0.2, 0) is 0 Å². The van der Waals surface area contributed by atoms with Crippen molar-refractivity contribution in [2.75, 3.05) is 5.23 Å². The van der Waals surface area contributed by atoms with Gasteiger partial charge in [0.25, 0.3) is 11.1 Å². The molecular weight excluding hydrogens is 214 g/mol. The first-order valence-electron chi connectivity index (χ1n) is 3.32. The third kappa shape index (κ3) is 1.18. The van der Waals surface area contributed by atoms with E-state index in [1.165, 1.54) is 0 Å². The molecule has 15 heavy (non-hydrogen) atoms. The minimum Gasteiger partial charge on any atom is -0.300 e. The van der Waals surface area contributed by atoms with Crippen molar-refractivity contribution in [3.63, 3.8) is 0 Å². The number of hydrogen-bond donors (Lipinski definition) is 1. The highest BCUT2D eigenvalue weighted by atomic mass is 16.8. The summed E-state index contributed by atoms with van der Waals surface area (Å²) in [6, 6.07) is 0. The van der Waals surface area contributed by atoms with Crippen LogP contribution in [0.2, 0.25) is 0 Å². The Hall–Kier alpha value is -2.86. The molecule has 0 unspecified atom stereocenters. The Morgan fingerprint density at radius 1 is 1.27 bits per heavy atom. The Morgan fingerprint density at radius 2 is 1.93 bits per heavy atom. The van der Waals surface area contributed by atoms with Crippen molar-refractivity contribution < 1.29 is 10.1 Å². The molecule has 0 spiro atoms. The summed E-state index contributed by atoms with van der Waals surface area (Å²) in [6.07, 6.45) is 0. The van der Waals surface area contributed by atoms with E-state index < -0.39 is 15.3 Å². The number of aromatic nitrogens is 6. The summed E-state index contributed by atoms with van der Waals surface area (Å²) in [6.45, 7) is 0. The average Bonchev–Trinajstić information content (AvgIpc) is 2.67.